The maximum atomic E-state index is 11.9. The number of anilines is 1. The van der Waals surface area contributed by atoms with Crippen LogP contribution in [0.5, 0.6) is 5.75 Å². The van der Waals surface area contributed by atoms with Gasteiger partial charge in [0.05, 0.1) is 12.7 Å². The average molecular weight is 330 g/mol. The molecule has 1 saturated carbocycles. The summed E-state index contributed by atoms with van der Waals surface area (Å²) in [6.45, 7) is 1.62. The lowest BCUT2D eigenvalue weighted by Gasteiger charge is -2.23. The summed E-state index contributed by atoms with van der Waals surface area (Å²) in [5.74, 6) is 0.499. The Hall–Kier alpha value is -2.26. The highest BCUT2D eigenvalue weighted by molar-refractivity contribution is 5.89. The summed E-state index contributed by atoms with van der Waals surface area (Å²) in [6, 6.07) is 7.49. The molecule has 1 aromatic carbocycles. The molecule has 2 amide bonds. The number of nitrogens with zero attached hydrogens (tertiary/aromatic N) is 2. The molecule has 0 heterocycles. The Kier molecular flexibility index (Phi) is 6.89. The molecule has 0 unspecified atom stereocenters. The van der Waals surface area contributed by atoms with Crippen LogP contribution in [0.2, 0.25) is 0 Å². The van der Waals surface area contributed by atoms with Gasteiger partial charge in [-0.3, -0.25) is 0 Å². The normalized spacial score (nSPS) is 14.4. The summed E-state index contributed by atoms with van der Waals surface area (Å²) >= 11 is 0. The number of urea groups is 1. The van der Waals surface area contributed by atoms with Crippen molar-refractivity contribution in [2.75, 3.05) is 32.6 Å². The van der Waals surface area contributed by atoms with Crippen molar-refractivity contribution in [2.24, 2.45) is 0 Å². The number of carbonyl (C=O) groups excluding carboxylic acids is 1. The van der Waals surface area contributed by atoms with Gasteiger partial charge in [-0.05, 0) is 51.1 Å². The second-order valence-electron chi connectivity index (χ2n) is 6.18. The number of nitriles is 1. The molecule has 0 aliphatic heterocycles. The van der Waals surface area contributed by atoms with Crippen LogP contribution in [0.15, 0.2) is 18.2 Å². The molecule has 130 valence electrons. The van der Waals surface area contributed by atoms with Gasteiger partial charge in [0, 0.05) is 18.3 Å². The van der Waals surface area contributed by atoms with E-state index < -0.39 is 0 Å². The van der Waals surface area contributed by atoms with Crippen molar-refractivity contribution < 1.29 is 9.53 Å². The lowest BCUT2D eigenvalue weighted by molar-refractivity contribution is 0.237. The smallest absolute Gasteiger partial charge is 0.319 e. The fraction of sp³-hybridized carbons (Fsp3) is 0.556. The first-order valence-electron chi connectivity index (χ1n) is 8.47. The van der Waals surface area contributed by atoms with Crippen LogP contribution in [-0.4, -0.2) is 44.2 Å². The van der Waals surface area contributed by atoms with Gasteiger partial charge >= 0.3 is 6.03 Å². The highest BCUT2D eigenvalue weighted by atomic mass is 16.5. The zero-order valence-electron chi connectivity index (χ0n) is 14.5. The number of nitrogens with one attached hydrogen (secondary N) is 2. The first-order valence-corrected chi connectivity index (χ1v) is 8.47. The van der Waals surface area contributed by atoms with Crippen molar-refractivity contribution >= 4 is 11.7 Å². The second-order valence-corrected chi connectivity index (χ2v) is 6.18. The largest absolute Gasteiger partial charge is 0.495 e. The maximum Gasteiger partial charge on any atom is 0.319 e. The van der Waals surface area contributed by atoms with Crippen molar-refractivity contribution in [3.8, 4) is 11.8 Å². The molecule has 0 spiro atoms. The quantitative estimate of drug-likeness (QED) is 0.754. The van der Waals surface area contributed by atoms with Gasteiger partial charge in [0.2, 0.25) is 0 Å². The van der Waals surface area contributed by atoms with Crippen molar-refractivity contribution in [3.63, 3.8) is 0 Å². The monoisotopic (exact) mass is 330 g/mol. The van der Waals surface area contributed by atoms with Gasteiger partial charge < -0.3 is 20.3 Å². The molecule has 0 aromatic heterocycles. The van der Waals surface area contributed by atoms with E-state index in [4.69, 9.17) is 10.00 Å². The molecule has 6 nitrogen and oxygen atoms in total. The first-order chi connectivity index (χ1) is 11.6. The number of benzene rings is 1. The summed E-state index contributed by atoms with van der Waals surface area (Å²) in [5, 5.41) is 14.7. The van der Waals surface area contributed by atoms with E-state index >= 15 is 0 Å². The molecule has 2 rings (SSSR count). The van der Waals surface area contributed by atoms with Crippen LogP contribution < -0.4 is 15.4 Å². The maximum absolute atomic E-state index is 11.9. The van der Waals surface area contributed by atoms with Crippen LogP contribution in [-0.2, 0) is 0 Å². The van der Waals surface area contributed by atoms with E-state index in [9.17, 15) is 4.79 Å². The lowest BCUT2D eigenvalue weighted by atomic mass is 10.2. The Labute approximate surface area is 143 Å². The molecule has 0 bridgehead atoms. The van der Waals surface area contributed by atoms with Gasteiger partial charge in [-0.2, -0.15) is 5.26 Å². The number of hydrogen-bond acceptors (Lipinski definition) is 4. The third-order valence-corrected chi connectivity index (χ3v) is 4.50. The molecule has 6 heteroatoms. The van der Waals surface area contributed by atoms with Crippen LogP contribution in [0.3, 0.4) is 0 Å². The average Bonchev–Trinajstić information content (AvgIpc) is 3.13. The van der Waals surface area contributed by atoms with Crippen molar-refractivity contribution in [3.05, 3.63) is 23.8 Å². The van der Waals surface area contributed by atoms with E-state index in [2.05, 4.69) is 22.6 Å². The summed E-state index contributed by atoms with van der Waals surface area (Å²) < 4.78 is 5.08. The van der Waals surface area contributed by atoms with Gasteiger partial charge in [0.15, 0.2) is 0 Å². The first kappa shape index (κ1) is 18.1. The Bertz CT molecular complexity index is 591. The summed E-state index contributed by atoms with van der Waals surface area (Å²) in [5.41, 5.74) is 0.974. The fourth-order valence-electron chi connectivity index (χ4n) is 3.11. The predicted octanol–water partition coefficient (Wildman–Crippen LogP) is 2.95. The molecule has 0 saturated heterocycles. The molecule has 0 radical (unpaired) electrons. The molecule has 1 fully saturated rings. The van der Waals surface area contributed by atoms with Crippen LogP contribution in [0.4, 0.5) is 10.5 Å². The minimum Gasteiger partial charge on any atom is -0.495 e. The minimum atomic E-state index is -0.257. The van der Waals surface area contributed by atoms with Crippen molar-refractivity contribution in [1.29, 1.82) is 5.26 Å². The van der Waals surface area contributed by atoms with Gasteiger partial charge in [0.25, 0.3) is 0 Å². The van der Waals surface area contributed by atoms with Gasteiger partial charge in [-0.25, -0.2) is 4.79 Å². The van der Waals surface area contributed by atoms with Crippen LogP contribution >= 0.6 is 0 Å². The zero-order valence-corrected chi connectivity index (χ0v) is 14.5. The summed E-state index contributed by atoms with van der Waals surface area (Å²) in [7, 11) is 3.68. The van der Waals surface area contributed by atoms with E-state index in [1.807, 2.05) is 6.07 Å². The van der Waals surface area contributed by atoms with Gasteiger partial charge in [-0.15, -0.1) is 0 Å². The van der Waals surface area contributed by atoms with Gasteiger partial charge in [-0.1, -0.05) is 12.8 Å². The number of ether oxygens (including phenoxy) is 1. The molecule has 2 N–H and O–H groups in total. The number of carbonyl (C=O) groups is 1. The highest BCUT2D eigenvalue weighted by Crippen LogP contribution is 2.22. The van der Waals surface area contributed by atoms with Crippen LogP contribution in [0, 0.1) is 11.3 Å². The topological polar surface area (TPSA) is 77.4 Å². The Balaban J connectivity index is 1.70. The Morgan fingerprint density at radius 2 is 2.17 bits per heavy atom. The van der Waals surface area contributed by atoms with E-state index in [0.717, 1.165) is 13.0 Å². The fourth-order valence-corrected chi connectivity index (χ4v) is 3.11. The SMILES string of the molecule is COc1ccc(NC(=O)NCCCN(C)C2CCCC2)cc1C#N. The predicted molar refractivity (Wildman–Crippen MR) is 94.2 cm³/mol. The van der Waals surface area contributed by atoms with Crippen LogP contribution in [0.25, 0.3) is 0 Å². The van der Waals surface area contributed by atoms with E-state index in [-0.39, 0.29) is 6.03 Å². The lowest BCUT2D eigenvalue weighted by Crippen LogP contribution is -2.34. The second kappa shape index (κ2) is 9.14. The molecule has 1 aliphatic rings. The standard InChI is InChI=1S/C18H26N4O2/c1-22(16-6-3-4-7-16)11-5-10-20-18(23)21-15-8-9-17(24-2)14(12-15)13-19/h8-9,12,16H,3-7,10-11H2,1-2H3,(H2,20,21,23). The van der Waals surface area contributed by atoms with Crippen LogP contribution in [0.1, 0.15) is 37.7 Å². The highest BCUT2D eigenvalue weighted by Gasteiger charge is 2.18. The van der Waals surface area contributed by atoms with Crippen molar-refractivity contribution in [2.45, 2.75) is 38.1 Å². The molecule has 24 heavy (non-hydrogen) atoms. The Morgan fingerprint density at radius 1 is 1.42 bits per heavy atom. The molecule has 1 aromatic rings. The third kappa shape index (κ3) is 5.14. The number of hydrogen-bond donors (Lipinski definition) is 2. The zero-order chi connectivity index (χ0) is 17.4. The molecule has 0 atom stereocenters. The number of rotatable bonds is 7. The number of amides is 2. The molecule has 1 aliphatic carbocycles. The molecular formula is C18H26N4O2. The van der Waals surface area contributed by atoms with Gasteiger partial charge in [0.1, 0.15) is 11.8 Å². The van der Waals surface area contributed by atoms with Crippen molar-refractivity contribution in [1.82, 2.24) is 10.2 Å². The Morgan fingerprint density at radius 3 is 2.83 bits per heavy atom. The third-order valence-electron chi connectivity index (χ3n) is 4.50. The summed E-state index contributed by atoms with van der Waals surface area (Å²) in [6.07, 6.45) is 6.18. The molecular weight excluding hydrogens is 304 g/mol. The van der Waals surface area contributed by atoms with E-state index in [0.29, 0.717) is 29.6 Å². The van der Waals surface area contributed by atoms with E-state index in [1.165, 1.54) is 32.8 Å². The summed E-state index contributed by atoms with van der Waals surface area (Å²) in [4.78, 5) is 14.3. The van der Waals surface area contributed by atoms with E-state index in [1.54, 1.807) is 18.2 Å². The number of methoxy groups -OCH3 is 1. The minimum absolute atomic E-state index is 0.257.